The number of hydrogen-bond acceptors (Lipinski definition) is 5. The van der Waals surface area contributed by atoms with Gasteiger partial charge in [-0.25, -0.2) is 4.98 Å². The molecule has 0 bridgehead atoms. The van der Waals surface area contributed by atoms with Gasteiger partial charge in [0, 0.05) is 23.4 Å². The highest BCUT2D eigenvalue weighted by atomic mass is 16.5. The van der Waals surface area contributed by atoms with Crippen molar-refractivity contribution in [3.8, 4) is 17.4 Å². The van der Waals surface area contributed by atoms with Crippen LogP contribution in [0.25, 0.3) is 5.82 Å². The van der Waals surface area contributed by atoms with Gasteiger partial charge < -0.3 is 9.47 Å². The SMILES string of the molecule is CCOc1cc(C)ccc1COc1ccnn1-c1cc(C=O)ccn1. The monoisotopic (exact) mass is 337 g/mol. The second-order valence-electron chi connectivity index (χ2n) is 5.48. The van der Waals surface area contributed by atoms with Gasteiger partial charge in [-0.1, -0.05) is 12.1 Å². The van der Waals surface area contributed by atoms with Crippen molar-refractivity contribution >= 4 is 6.29 Å². The smallest absolute Gasteiger partial charge is 0.218 e. The Morgan fingerprint density at radius 1 is 1.12 bits per heavy atom. The molecule has 2 aromatic heterocycles. The second kappa shape index (κ2) is 7.61. The zero-order chi connectivity index (χ0) is 17.6. The molecule has 0 atom stereocenters. The van der Waals surface area contributed by atoms with Gasteiger partial charge >= 0.3 is 0 Å². The molecule has 0 saturated heterocycles. The van der Waals surface area contributed by atoms with Gasteiger partial charge in [-0.15, -0.1) is 0 Å². The third-order valence-electron chi connectivity index (χ3n) is 3.63. The van der Waals surface area contributed by atoms with Gasteiger partial charge in [-0.3, -0.25) is 4.79 Å². The van der Waals surface area contributed by atoms with Crippen LogP contribution in [0.2, 0.25) is 0 Å². The van der Waals surface area contributed by atoms with Crippen molar-refractivity contribution in [3.05, 3.63) is 65.5 Å². The summed E-state index contributed by atoms with van der Waals surface area (Å²) in [6, 6.07) is 11.1. The summed E-state index contributed by atoms with van der Waals surface area (Å²) in [5, 5.41) is 4.23. The molecule has 0 spiro atoms. The Balaban J connectivity index is 1.81. The molecule has 0 fully saturated rings. The third kappa shape index (κ3) is 3.85. The molecular formula is C19H19N3O3. The maximum atomic E-state index is 10.9. The van der Waals surface area contributed by atoms with E-state index in [-0.39, 0.29) is 0 Å². The Bertz CT molecular complexity index is 874. The van der Waals surface area contributed by atoms with Crippen molar-refractivity contribution in [1.29, 1.82) is 0 Å². The van der Waals surface area contributed by atoms with E-state index in [9.17, 15) is 4.79 Å². The number of hydrogen-bond donors (Lipinski definition) is 0. The lowest BCUT2D eigenvalue weighted by Gasteiger charge is -2.13. The molecule has 1 aromatic carbocycles. The summed E-state index contributed by atoms with van der Waals surface area (Å²) in [4.78, 5) is 15.2. The largest absolute Gasteiger partial charge is 0.493 e. The van der Waals surface area contributed by atoms with E-state index >= 15 is 0 Å². The fourth-order valence-electron chi connectivity index (χ4n) is 2.42. The molecule has 0 saturated carbocycles. The Hall–Kier alpha value is -3.15. The zero-order valence-corrected chi connectivity index (χ0v) is 14.2. The van der Waals surface area contributed by atoms with Crippen LogP contribution in [0.15, 0.2) is 48.8 Å². The van der Waals surface area contributed by atoms with Crippen LogP contribution < -0.4 is 9.47 Å². The first-order valence-corrected chi connectivity index (χ1v) is 8.02. The fraction of sp³-hybridized carbons (Fsp3) is 0.211. The van der Waals surface area contributed by atoms with Crippen LogP contribution >= 0.6 is 0 Å². The number of pyridine rings is 1. The van der Waals surface area contributed by atoms with Crippen molar-refractivity contribution in [2.75, 3.05) is 6.61 Å². The van der Waals surface area contributed by atoms with Crippen LogP contribution in [0.4, 0.5) is 0 Å². The van der Waals surface area contributed by atoms with Gasteiger partial charge in [-0.05, 0) is 37.6 Å². The number of benzene rings is 1. The minimum Gasteiger partial charge on any atom is -0.493 e. The van der Waals surface area contributed by atoms with Crippen LogP contribution in [0.5, 0.6) is 11.6 Å². The van der Waals surface area contributed by atoms with Crippen molar-refractivity contribution < 1.29 is 14.3 Å². The van der Waals surface area contributed by atoms with E-state index in [0.29, 0.717) is 30.5 Å². The summed E-state index contributed by atoms with van der Waals surface area (Å²) in [5.41, 5.74) is 2.62. The Morgan fingerprint density at radius 2 is 2.00 bits per heavy atom. The summed E-state index contributed by atoms with van der Waals surface area (Å²) >= 11 is 0. The van der Waals surface area contributed by atoms with Gasteiger partial charge in [0.05, 0.1) is 12.8 Å². The van der Waals surface area contributed by atoms with Crippen molar-refractivity contribution in [2.24, 2.45) is 0 Å². The van der Waals surface area contributed by atoms with E-state index in [4.69, 9.17) is 9.47 Å². The molecule has 0 aliphatic rings. The van der Waals surface area contributed by atoms with E-state index in [1.807, 2.05) is 32.0 Å². The summed E-state index contributed by atoms with van der Waals surface area (Å²) < 4.78 is 13.1. The Labute approximate surface area is 146 Å². The normalized spacial score (nSPS) is 10.5. The molecule has 25 heavy (non-hydrogen) atoms. The average molecular weight is 337 g/mol. The van der Waals surface area contributed by atoms with Gasteiger partial charge in [0.25, 0.3) is 0 Å². The average Bonchev–Trinajstić information content (AvgIpc) is 3.10. The predicted molar refractivity (Wildman–Crippen MR) is 93.4 cm³/mol. The van der Waals surface area contributed by atoms with E-state index in [1.54, 1.807) is 35.3 Å². The number of aromatic nitrogens is 3. The number of nitrogens with zero attached hydrogens (tertiary/aromatic N) is 3. The van der Waals surface area contributed by atoms with Crippen molar-refractivity contribution in [1.82, 2.24) is 14.8 Å². The molecule has 3 aromatic rings. The summed E-state index contributed by atoms with van der Waals surface area (Å²) in [7, 11) is 0. The lowest BCUT2D eigenvalue weighted by Crippen LogP contribution is -2.06. The zero-order valence-electron chi connectivity index (χ0n) is 14.2. The highest BCUT2D eigenvalue weighted by Crippen LogP contribution is 2.23. The quantitative estimate of drug-likeness (QED) is 0.619. The molecule has 0 aliphatic heterocycles. The summed E-state index contributed by atoms with van der Waals surface area (Å²) in [6.07, 6.45) is 3.97. The van der Waals surface area contributed by atoms with E-state index in [2.05, 4.69) is 10.1 Å². The van der Waals surface area contributed by atoms with E-state index in [0.717, 1.165) is 23.2 Å². The molecule has 6 nitrogen and oxygen atoms in total. The molecule has 0 unspecified atom stereocenters. The van der Waals surface area contributed by atoms with E-state index < -0.39 is 0 Å². The molecule has 2 heterocycles. The molecular weight excluding hydrogens is 318 g/mol. The van der Waals surface area contributed by atoms with Crippen LogP contribution in [0.3, 0.4) is 0 Å². The number of ether oxygens (including phenoxy) is 2. The maximum Gasteiger partial charge on any atom is 0.218 e. The number of aryl methyl sites for hydroxylation is 1. The second-order valence-corrected chi connectivity index (χ2v) is 5.48. The Morgan fingerprint density at radius 3 is 2.80 bits per heavy atom. The van der Waals surface area contributed by atoms with Gasteiger partial charge in [-0.2, -0.15) is 9.78 Å². The fourth-order valence-corrected chi connectivity index (χ4v) is 2.42. The molecule has 0 N–H and O–H groups in total. The first kappa shape index (κ1) is 16.7. The first-order valence-electron chi connectivity index (χ1n) is 8.02. The maximum absolute atomic E-state index is 10.9. The molecule has 128 valence electrons. The molecule has 3 rings (SSSR count). The minimum absolute atomic E-state index is 0.342. The topological polar surface area (TPSA) is 66.2 Å². The lowest BCUT2D eigenvalue weighted by molar-refractivity contribution is 0.112. The van der Waals surface area contributed by atoms with Crippen LogP contribution in [-0.2, 0) is 6.61 Å². The van der Waals surface area contributed by atoms with Crippen LogP contribution in [0, 0.1) is 6.92 Å². The lowest BCUT2D eigenvalue weighted by atomic mass is 10.1. The number of carbonyl (C=O) groups excluding carboxylic acids is 1. The standard InChI is InChI=1S/C19H19N3O3/c1-3-24-17-10-14(2)4-5-16(17)13-25-19-7-9-21-22(19)18-11-15(12-23)6-8-20-18/h4-12H,3,13H2,1-2H3. The number of carbonyl (C=O) groups is 1. The van der Waals surface area contributed by atoms with Gasteiger partial charge in [0.15, 0.2) is 5.82 Å². The molecule has 0 amide bonds. The third-order valence-corrected chi connectivity index (χ3v) is 3.63. The van der Waals surface area contributed by atoms with Crippen LogP contribution in [-0.4, -0.2) is 27.7 Å². The first-order chi connectivity index (χ1) is 12.2. The van der Waals surface area contributed by atoms with Gasteiger partial charge in [0.1, 0.15) is 18.6 Å². The highest BCUT2D eigenvalue weighted by Gasteiger charge is 2.10. The van der Waals surface area contributed by atoms with Gasteiger partial charge in [0.2, 0.25) is 5.88 Å². The van der Waals surface area contributed by atoms with Crippen molar-refractivity contribution in [3.63, 3.8) is 0 Å². The van der Waals surface area contributed by atoms with Crippen LogP contribution in [0.1, 0.15) is 28.4 Å². The summed E-state index contributed by atoms with van der Waals surface area (Å²) in [6.45, 7) is 4.91. The molecule has 0 aliphatic carbocycles. The number of rotatable bonds is 7. The highest BCUT2D eigenvalue weighted by molar-refractivity contribution is 5.75. The molecule has 0 radical (unpaired) electrons. The molecule has 6 heteroatoms. The number of aldehydes is 1. The Kier molecular flexibility index (Phi) is 5.09. The van der Waals surface area contributed by atoms with Crippen molar-refractivity contribution in [2.45, 2.75) is 20.5 Å². The summed E-state index contributed by atoms with van der Waals surface area (Å²) in [5.74, 6) is 1.88. The van der Waals surface area contributed by atoms with E-state index in [1.165, 1.54) is 0 Å². The minimum atomic E-state index is 0.342. The predicted octanol–water partition coefficient (Wildman–Crippen LogP) is 3.37.